The van der Waals surface area contributed by atoms with Crippen molar-refractivity contribution in [3.8, 4) is 0 Å². The third-order valence-electron chi connectivity index (χ3n) is 1.57. The second kappa shape index (κ2) is 3.56. The molecular formula is C8H9F3S. The van der Waals surface area contributed by atoms with Gasteiger partial charge in [0.25, 0.3) is 0 Å². The first-order chi connectivity index (χ1) is 5.47. The monoisotopic (exact) mass is 194 g/mol. The van der Waals surface area contributed by atoms with Gasteiger partial charge < -0.3 is 0 Å². The number of halogens is 3. The summed E-state index contributed by atoms with van der Waals surface area (Å²) >= 11 is -0.00375. The topological polar surface area (TPSA) is 0 Å². The van der Waals surface area contributed by atoms with E-state index in [-0.39, 0.29) is 11.8 Å². The van der Waals surface area contributed by atoms with Crippen LogP contribution in [-0.2, 0) is 0 Å². The number of thioether (sulfide) groups is 1. The molecule has 0 amide bonds. The van der Waals surface area contributed by atoms with E-state index in [0.29, 0.717) is 11.3 Å². The average molecular weight is 194 g/mol. The van der Waals surface area contributed by atoms with Crippen molar-refractivity contribution in [1.29, 1.82) is 0 Å². The first kappa shape index (κ1) is 9.71. The second-order valence-electron chi connectivity index (χ2n) is 2.69. The van der Waals surface area contributed by atoms with Crippen LogP contribution in [0.25, 0.3) is 0 Å². The fraction of sp³-hybridized carbons (Fsp3) is 0.500. The fourth-order valence-corrected chi connectivity index (χ4v) is 1.59. The molecule has 0 saturated carbocycles. The summed E-state index contributed by atoms with van der Waals surface area (Å²) < 4.78 is 35.5. The Morgan fingerprint density at radius 2 is 1.92 bits per heavy atom. The highest BCUT2D eigenvalue weighted by molar-refractivity contribution is 8.03. The van der Waals surface area contributed by atoms with Crippen LogP contribution in [0.5, 0.6) is 0 Å². The van der Waals surface area contributed by atoms with Gasteiger partial charge in [0.2, 0.25) is 0 Å². The fourth-order valence-electron chi connectivity index (χ4n) is 0.956. The van der Waals surface area contributed by atoms with Gasteiger partial charge in [-0.15, -0.1) is 0 Å². The van der Waals surface area contributed by atoms with Crippen molar-refractivity contribution in [1.82, 2.24) is 0 Å². The molecule has 0 N–H and O–H groups in total. The molecule has 0 atom stereocenters. The van der Waals surface area contributed by atoms with Crippen molar-refractivity contribution in [3.63, 3.8) is 0 Å². The largest absolute Gasteiger partial charge is 0.446 e. The predicted octanol–water partition coefficient (Wildman–Crippen LogP) is 3.86. The van der Waals surface area contributed by atoms with E-state index in [2.05, 4.69) is 0 Å². The van der Waals surface area contributed by atoms with Crippen molar-refractivity contribution in [3.05, 3.63) is 22.6 Å². The first-order valence-electron chi connectivity index (χ1n) is 3.59. The molecule has 68 valence electrons. The SMILES string of the molecule is CC1=CC=C(SC(F)(F)F)CC1. The smallest absolute Gasteiger partial charge is 0.160 e. The van der Waals surface area contributed by atoms with Gasteiger partial charge in [0.05, 0.1) is 0 Å². The summed E-state index contributed by atoms with van der Waals surface area (Å²) in [6.45, 7) is 1.92. The zero-order valence-corrected chi connectivity index (χ0v) is 7.43. The Hall–Kier alpha value is -0.380. The van der Waals surface area contributed by atoms with E-state index in [0.717, 1.165) is 12.0 Å². The minimum absolute atomic E-state index is 0.00375. The Morgan fingerprint density at radius 3 is 2.33 bits per heavy atom. The summed E-state index contributed by atoms with van der Waals surface area (Å²) in [6, 6.07) is 0. The number of hydrogen-bond acceptors (Lipinski definition) is 1. The summed E-state index contributed by atoms with van der Waals surface area (Å²) in [4.78, 5) is 0.410. The van der Waals surface area contributed by atoms with Gasteiger partial charge in [-0.3, -0.25) is 0 Å². The molecule has 4 heteroatoms. The lowest BCUT2D eigenvalue weighted by Crippen LogP contribution is -2.01. The van der Waals surface area contributed by atoms with E-state index in [9.17, 15) is 13.2 Å². The Bertz CT molecular complexity index is 225. The van der Waals surface area contributed by atoms with E-state index in [1.807, 2.05) is 6.92 Å². The summed E-state index contributed by atoms with van der Waals surface area (Å²) in [5, 5.41) is 0. The molecule has 1 aliphatic carbocycles. The molecule has 0 aromatic carbocycles. The van der Waals surface area contributed by atoms with Crippen LogP contribution in [0.1, 0.15) is 19.8 Å². The van der Waals surface area contributed by atoms with Crippen LogP contribution < -0.4 is 0 Å². The van der Waals surface area contributed by atoms with Crippen LogP contribution in [0.4, 0.5) is 13.2 Å². The van der Waals surface area contributed by atoms with Crippen LogP contribution in [0.2, 0.25) is 0 Å². The predicted molar refractivity (Wildman–Crippen MR) is 44.7 cm³/mol. The normalized spacial score (nSPS) is 18.7. The molecule has 12 heavy (non-hydrogen) atoms. The summed E-state index contributed by atoms with van der Waals surface area (Å²) in [5.74, 6) is 0. The molecule has 1 aliphatic rings. The molecule has 0 radical (unpaired) electrons. The maximum Gasteiger partial charge on any atom is 0.446 e. The Morgan fingerprint density at radius 1 is 1.25 bits per heavy atom. The molecule has 0 bridgehead atoms. The van der Waals surface area contributed by atoms with E-state index >= 15 is 0 Å². The molecule has 0 nitrogen and oxygen atoms in total. The Balaban J connectivity index is 2.55. The van der Waals surface area contributed by atoms with E-state index < -0.39 is 5.51 Å². The molecule has 0 heterocycles. The maximum atomic E-state index is 11.8. The van der Waals surface area contributed by atoms with Gasteiger partial charge in [0.15, 0.2) is 0 Å². The molecular weight excluding hydrogens is 185 g/mol. The lowest BCUT2D eigenvalue weighted by Gasteiger charge is -2.12. The standard InChI is InChI=1S/C8H9F3S/c1-6-2-4-7(5-3-6)12-8(9,10)11/h2,4H,3,5H2,1H3. The molecule has 0 fully saturated rings. The van der Waals surface area contributed by atoms with E-state index in [1.165, 1.54) is 0 Å². The summed E-state index contributed by atoms with van der Waals surface area (Å²) in [7, 11) is 0. The number of hydrogen-bond donors (Lipinski definition) is 0. The summed E-state index contributed by atoms with van der Waals surface area (Å²) in [5.41, 5.74) is -2.99. The van der Waals surface area contributed by atoms with Crippen molar-refractivity contribution >= 4 is 11.8 Å². The molecule has 0 spiro atoms. The van der Waals surface area contributed by atoms with Crippen molar-refractivity contribution in [2.45, 2.75) is 25.3 Å². The second-order valence-corrected chi connectivity index (χ2v) is 3.89. The molecule has 0 aliphatic heterocycles. The minimum atomic E-state index is -4.13. The zero-order chi connectivity index (χ0) is 9.19. The van der Waals surface area contributed by atoms with Gasteiger partial charge in [0, 0.05) is 0 Å². The van der Waals surface area contributed by atoms with Gasteiger partial charge in [-0.25, -0.2) is 0 Å². The van der Waals surface area contributed by atoms with Gasteiger partial charge in [-0.2, -0.15) is 13.2 Å². The van der Waals surface area contributed by atoms with Crippen LogP contribution in [-0.4, -0.2) is 5.51 Å². The Kier molecular flexibility index (Phi) is 2.88. The molecule has 0 unspecified atom stereocenters. The van der Waals surface area contributed by atoms with Gasteiger partial charge in [0.1, 0.15) is 0 Å². The molecule has 0 aromatic heterocycles. The van der Waals surface area contributed by atoms with Crippen molar-refractivity contribution in [2.24, 2.45) is 0 Å². The average Bonchev–Trinajstić information content (AvgIpc) is 1.91. The third kappa shape index (κ3) is 3.34. The van der Waals surface area contributed by atoms with Crippen LogP contribution >= 0.6 is 11.8 Å². The maximum absolute atomic E-state index is 11.8. The quantitative estimate of drug-likeness (QED) is 0.610. The van der Waals surface area contributed by atoms with E-state index in [4.69, 9.17) is 0 Å². The van der Waals surface area contributed by atoms with E-state index in [1.54, 1.807) is 12.2 Å². The van der Waals surface area contributed by atoms with Crippen molar-refractivity contribution in [2.75, 3.05) is 0 Å². The van der Waals surface area contributed by atoms with Crippen LogP contribution in [0, 0.1) is 0 Å². The number of allylic oxidation sites excluding steroid dienone is 4. The van der Waals surface area contributed by atoms with Gasteiger partial charge in [-0.05, 0) is 36.4 Å². The lowest BCUT2D eigenvalue weighted by atomic mass is 10.1. The molecule has 1 rings (SSSR count). The van der Waals surface area contributed by atoms with Crippen LogP contribution in [0.15, 0.2) is 22.6 Å². The number of rotatable bonds is 1. The summed E-state index contributed by atoms with van der Waals surface area (Å²) in [6.07, 6.45) is 4.57. The highest BCUT2D eigenvalue weighted by Gasteiger charge is 2.30. The minimum Gasteiger partial charge on any atom is -0.160 e. The van der Waals surface area contributed by atoms with Gasteiger partial charge >= 0.3 is 5.51 Å². The first-order valence-corrected chi connectivity index (χ1v) is 4.41. The lowest BCUT2D eigenvalue weighted by molar-refractivity contribution is -0.0322. The molecule has 0 aromatic rings. The highest BCUT2D eigenvalue weighted by atomic mass is 32.2. The number of alkyl halides is 3. The van der Waals surface area contributed by atoms with Crippen LogP contribution in [0.3, 0.4) is 0 Å². The van der Waals surface area contributed by atoms with Crippen molar-refractivity contribution < 1.29 is 13.2 Å². The zero-order valence-electron chi connectivity index (χ0n) is 6.61. The third-order valence-corrected chi connectivity index (χ3v) is 2.40. The molecule has 0 saturated heterocycles. The Labute approximate surface area is 73.5 Å². The van der Waals surface area contributed by atoms with Gasteiger partial charge in [-0.1, -0.05) is 17.7 Å². The highest BCUT2D eigenvalue weighted by Crippen LogP contribution is 2.39.